The number of hydrogen-bond donors (Lipinski definition) is 0. The van der Waals surface area contributed by atoms with Gasteiger partial charge >= 0.3 is 0 Å². The predicted octanol–water partition coefficient (Wildman–Crippen LogP) is 16.4. The summed E-state index contributed by atoms with van der Waals surface area (Å²) in [5.74, 6) is 0. The van der Waals surface area contributed by atoms with Crippen LogP contribution in [0, 0.1) is 0 Å². The molecule has 0 spiro atoms. The summed E-state index contributed by atoms with van der Waals surface area (Å²) in [6.45, 7) is 4.32. The summed E-state index contributed by atoms with van der Waals surface area (Å²) in [6.07, 6.45) is 7.71. The lowest BCUT2D eigenvalue weighted by atomic mass is 9.96. The van der Waals surface area contributed by atoms with E-state index in [1.165, 1.54) is 82.4 Å². The number of aromatic nitrogens is 1. The molecule has 2 nitrogen and oxygen atoms in total. The molecule has 0 aliphatic heterocycles. The first-order valence-electron chi connectivity index (χ1n) is 20.6. The summed E-state index contributed by atoms with van der Waals surface area (Å²) in [5, 5.41) is 7.49. The molecule has 0 aliphatic rings. The van der Waals surface area contributed by atoms with Gasteiger partial charge in [0, 0.05) is 33.5 Å². The van der Waals surface area contributed by atoms with Crippen LogP contribution in [0.15, 0.2) is 218 Å². The molecule has 10 aromatic rings. The highest BCUT2D eigenvalue weighted by Crippen LogP contribution is 2.44. The minimum absolute atomic E-state index is 0.980. The third-order valence-corrected chi connectivity index (χ3v) is 11.6. The molecule has 2 heteroatoms. The van der Waals surface area contributed by atoms with E-state index in [4.69, 9.17) is 0 Å². The van der Waals surface area contributed by atoms with E-state index in [0.717, 1.165) is 23.5 Å². The number of benzene rings is 9. The molecule has 0 bridgehead atoms. The van der Waals surface area contributed by atoms with Crippen molar-refractivity contribution in [2.75, 3.05) is 4.90 Å². The van der Waals surface area contributed by atoms with Gasteiger partial charge in [-0.15, -0.1) is 0 Å². The Bertz CT molecular complexity index is 3180. The highest BCUT2D eigenvalue weighted by molar-refractivity contribution is 6.25. The molecule has 0 radical (unpaired) electrons. The average molecular weight is 757 g/mol. The molecule has 0 saturated carbocycles. The highest BCUT2D eigenvalue weighted by Gasteiger charge is 2.20. The van der Waals surface area contributed by atoms with Gasteiger partial charge in [0.15, 0.2) is 0 Å². The first-order chi connectivity index (χ1) is 29.2. The minimum Gasteiger partial charge on any atom is -0.310 e. The van der Waals surface area contributed by atoms with Gasteiger partial charge in [0.1, 0.15) is 0 Å². The Morgan fingerprint density at radius 2 is 1.03 bits per heavy atom. The first kappa shape index (κ1) is 36.0. The summed E-state index contributed by atoms with van der Waals surface area (Å²) in [6, 6.07) is 73.0. The van der Waals surface area contributed by atoms with E-state index in [9.17, 15) is 0 Å². The lowest BCUT2D eigenvalue weighted by Crippen LogP contribution is -2.10. The molecule has 0 saturated heterocycles. The van der Waals surface area contributed by atoms with Gasteiger partial charge < -0.3 is 9.47 Å². The summed E-state index contributed by atoms with van der Waals surface area (Å²) >= 11 is 0. The van der Waals surface area contributed by atoms with E-state index in [-0.39, 0.29) is 0 Å². The van der Waals surface area contributed by atoms with Crippen LogP contribution in [0.2, 0.25) is 0 Å². The molecule has 0 fully saturated rings. The lowest BCUT2D eigenvalue weighted by molar-refractivity contribution is 1.19. The molecule has 10 rings (SSSR count). The largest absolute Gasteiger partial charge is 0.310 e. The molecule has 0 unspecified atom stereocenters. The Morgan fingerprint density at radius 3 is 1.78 bits per heavy atom. The predicted molar refractivity (Wildman–Crippen MR) is 255 cm³/mol. The van der Waals surface area contributed by atoms with Crippen molar-refractivity contribution in [3.8, 4) is 33.4 Å². The first-order valence-corrected chi connectivity index (χ1v) is 20.6. The van der Waals surface area contributed by atoms with Crippen molar-refractivity contribution in [3.63, 3.8) is 0 Å². The van der Waals surface area contributed by atoms with Crippen LogP contribution in [0.3, 0.4) is 0 Å². The molecule has 9 aromatic carbocycles. The van der Waals surface area contributed by atoms with Crippen molar-refractivity contribution < 1.29 is 0 Å². The Labute approximate surface area is 346 Å². The smallest absolute Gasteiger partial charge is 0.0547 e. The second-order valence-electron chi connectivity index (χ2n) is 15.1. The average Bonchev–Trinajstić information content (AvgIpc) is 3.65. The van der Waals surface area contributed by atoms with Gasteiger partial charge in [0.05, 0.1) is 11.0 Å². The monoisotopic (exact) mass is 756 g/mol. The van der Waals surface area contributed by atoms with Crippen molar-refractivity contribution in [1.82, 2.24) is 4.57 Å². The molecular weight excluding hydrogens is 713 g/mol. The number of rotatable bonds is 9. The quantitative estimate of drug-likeness (QED) is 0.133. The number of nitrogens with zero attached hydrogens (tertiary/aromatic N) is 2. The van der Waals surface area contributed by atoms with Gasteiger partial charge in [-0.25, -0.2) is 0 Å². The molecule has 59 heavy (non-hydrogen) atoms. The summed E-state index contributed by atoms with van der Waals surface area (Å²) in [5.41, 5.74) is 14.1. The maximum atomic E-state index is 2.44. The van der Waals surface area contributed by atoms with Crippen LogP contribution >= 0.6 is 0 Å². The molecule has 0 atom stereocenters. The molecule has 0 N–H and O–H groups in total. The van der Waals surface area contributed by atoms with Crippen molar-refractivity contribution in [3.05, 3.63) is 218 Å². The van der Waals surface area contributed by atoms with Crippen LogP contribution in [0.4, 0.5) is 17.1 Å². The number of allylic oxidation sites excluding steroid dienone is 4. The standard InChI is InChI=1S/C57H44N2/c1-3-5-21-48(4-2)59-54-25-14-24-53(57(54)56-52-23-12-11-18-45(52)33-37-55(56)59)47-20-13-22-50(39-47)58(51-36-32-41-17-9-10-19-46(41)38-51)49-34-30-44(31-35-49)43-28-26-42(27-29-43)40-15-7-6-8-16-40/h4-39H,3H2,1-2H3/b21-5-,48-4+. The minimum atomic E-state index is 0.980. The molecule has 282 valence electrons. The van der Waals surface area contributed by atoms with Crippen molar-refractivity contribution in [1.29, 1.82) is 0 Å². The van der Waals surface area contributed by atoms with Crippen LogP contribution in [0.25, 0.3) is 82.4 Å². The Kier molecular flexibility index (Phi) is 9.44. The van der Waals surface area contributed by atoms with Gasteiger partial charge in [-0.2, -0.15) is 0 Å². The van der Waals surface area contributed by atoms with Crippen LogP contribution in [0.1, 0.15) is 20.3 Å². The topological polar surface area (TPSA) is 8.17 Å². The Morgan fingerprint density at radius 1 is 0.458 bits per heavy atom. The van der Waals surface area contributed by atoms with Crippen molar-refractivity contribution >= 4 is 66.1 Å². The number of hydrogen-bond acceptors (Lipinski definition) is 1. The van der Waals surface area contributed by atoms with Gasteiger partial charge in [0.2, 0.25) is 0 Å². The van der Waals surface area contributed by atoms with E-state index >= 15 is 0 Å². The van der Waals surface area contributed by atoms with Crippen molar-refractivity contribution in [2.24, 2.45) is 0 Å². The van der Waals surface area contributed by atoms with Gasteiger partial charge in [-0.3, -0.25) is 0 Å². The molecule has 1 aromatic heterocycles. The van der Waals surface area contributed by atoms with Gasteiger partial charge in [0.25, 0.3) is 0 Å². The highest BCUT2D eigenvalue weighted by atomic mass is 15.1. The molecule has 0 aliphatic carbocycles. The summed E-state index contributed by atoms with van der Waals surface area (Å²) in [4.78, 5) is 2.39. The maximum Gasteiger partial charge on any atom is 0.0547 e. The second kappa shape index (κ2) is 15.5. The fourth-order valence-corrected chi connectivity index (χ4v) is 8.75. The van der Waals surface area contributed by atoms with Crippen molar-refractivity contribution in [2.45, 2.75) is 20.3 Å². The zero-order valence-corrected chi connectivity index (χ0v) is 33.4. The van der Waals surface area contributed by atoms with Crippen LogP contribution in [0.5, 0.6) is 0 Å². The van der Waals surface area contributed by atoms with E-state index in [1.54, 1.807) is 0 Å². The van der Waals surface area contributed by atoms with E-state index < -0.39 is 0 Å². The van der Waals surface area contributed by atoms with E-state index in [0.29, 0.717) is 0 Å². The zero-order chi connectivity index (χ0) is 39.7. The number of anilines is 3. The summed E-state index contributed by atoms with van der Waals surface area (Å²) < 4.78 is 2.44. The SMILES string of the molecule is C/C=C(\C=C/CC)n1c2cccc(-c3cccc(N(c4ccc(-c5ccc(-c6ccccc6)cc5)cc4)c4ccc5ccccc5c4)c3)c2c2c3ccccc3ccc21. The van der Waals surface area contributed by atoms with Crippen LogP contribution in [-0.4, -0.2) is 4.57 Å². The lowest BCUT2D eigenvalue weighted by Gasteiger charge is -2.26. The van der Waals surface area contributed by atoms with E-state index in [2.05, 4.69) is 242 Å². The van der Waals surface area contributed by atoms with Crippen LogP contribution < -0.4 is 4.90 Å². The normalized spacial score (nSPS) is 12.0. The van der Waals surface area contributed by atoms with E-state index in [1.807, 2.05) is 0 Å². The molecular formula is C57H44N2. The Hall–Kier alpha value is -7.42. The third kappa shape index (κ3) is 6.59. The second-order valence-corrected chi connectivity index (χ2v) is 15.1. The van der Waals surface area contributed by atoms with Gasteiger partial charge in [-0.1, -0.05) is 171 Å². The zero-order valence-electron chi connectivity index (χ0n) is 33.4. The van der Waals surface area contributed by atoms with Crippen LogP contribution in [-0.2, 0) is 0 Å². The maximum absolute atomic E-state index is 2.44. The fraction of sp³-hybridized carbons (Fsp3) is 0.0526. The Balaban J connectivity index is 1.13. The third-order valence-electron chi connectivity index (χ3n) is 11.6. The summed E-state index contributed by atoms with van der Waals surface area (Å²) in [7, 11) is 0. The van der Waals surface area contributed by atoms with Gasteiger partial charge in [-0.05, 0) is 123 Å². The molecule has 1 heterocycles. The fourth-order valence-electron chi connectivity index (χ4n) is 8.75. The molecule has 0 amide bonds. The number of fused-ring (bicyclic) bond motifs is 6.